The Bertz CT molecular complexity index is 1090. The van der Waals surface area contributed by atoms with Crippen LogP contribution in [-0.2, 0) is 6.54 Å². The second kappa shape index (κ2) is 11.3. The highest BCUT2D eigenvalue weighted by Crippen LogP contribution is 2.41. The number of nitrogens with zero attached hydrogens (tertiary/aromatic N) is 2. The van der Waals surface area contributed by atoms with Crippen molar-refractivity contribution in [3.05, 3.63) is 53.7 Å². The van der Waals surface area contributed by atoms with Crippen molar-refractivity contribution in [2.75, 3.05) is 60.6 Å². The van der Waals surface area contributed by atoms with Crippen LogP contribution in [0.4, 0.5) is 0 Å². The molecule has 1 aromatic heterocycles. The number of carbonyl (C=O) groups is 1. The number of hydrogen-bond acceptors (Lipinski definition) is 6. The lowest BCUT2D eigenvalue weighted by atomic mass is 10.2. The van der Waals surface area contributed by atoms with Gasteiger partial charge in [-0.05, 0) is 24.6 Å². The largest absolute Gasteiger partial charge is 0.496 e. The molecule has 1 fully saturated rings. The number of fused-ring (bicyclic) bond motifs is 1. The van der Waals surface area contributed by atoms with Gasteiger partial charge in [0, 0.05) is 50.7 Å². The Kier molecular flexibility index (Phi) is 7.92. The summed E-state index contributed by atoms with van der Waals surface area (Å²) in [6, 6.07) is 14.2. The molecule has 34 heavy (non-hydrogen) atoms. The molecule has 0 unspecified atom stereocenters. The Hall–Kier alpha value is -3.23. The number of amides is 1. The van der Waals surface area contributed by atoms with Crippen LogP contribution in [0.5, 0.6) is 17.2 Å². The van der Waals surface area contributed by atoms with Gasteiger partial charge in [0.15, 0.2) is 11.5 Å². The molecule has 0 saturated carbocycles. The van der Waals surface area contributed by atoms with E-state index in [1.807, 2.05) is 0 Å². The fourth-order valence-corrected chi connectivity index (χ4v) is 4.47. The van der Waals surface area contributed by atoms with Gasteiger partial charge in [0.2, 0.25) is 0 Å². The number of H-pyrrole nitrogens is 1. The number of benzene rings is 2. The van der Waals surface area contributed by atoms with Gasteiger partial charge in [-0.15, -0.1) is 0 Å². The van der Waals surface area contributed by atoms with Gasteiger partial charge in [-0.2, -0.15) is 0 Å². The van der Waals surface area contributed by atoms with Crippen LogP contribution in [0.1, 0.15) is 22.5 Å². The summed E-state index contributed by atoms with van der Waals surface area (Å²) in [6.45, 7) is 6.87. The lowest BCUT2D eigenvalue weighted by Crippen LogP contribution is -2.46. The molecule has 2 aromatic carbocycles. The predicted octanol–water partition coefficient (Wildman–Crippen LogP) is 3.13. The molecule has 182 valence electrons. The molecule has 1 aliphatic heterocycles. The molecular weight excluding hydrogens is 432 g/mol. The smallest absolute Gasteiger partial charge is 0.267 e. The van der Waals surface area contributed by atoms with Crippen molar-refractivity contribution in [2.24, 2.45) is 0 Å². The summed E-state index contributed by atoms with van der Waals surface area (Å²) in [5.74, 6) is 1.56. The first kappa shape index (κ1) is 23.9. The number of aromatic nitrogens is 1. The van der Waals surface area contributed by atoms with E-state index < -0.39 is 0 Å². The highest BCUT2D eigenvalue weighted by Gasteiger charge is 2.20. The van der Waals surface area contributed by atoms with E-state index in [4.69, 9.17) is 14.2 Å². The average molecular weight is 467 g/mol. The molecule has 8 heteroatoms. The molecular formula is C26H34N4O4. The third-order valence-corrected chi connectivity index (χ3v) is 6.34. The first-order chi connectivity index (χ1) is 16.6. The van der Waals surface area contributed by atoms with Crippen LogP contribution < -0.4 is 19.5 Å². The monoisotopic (exact) mass is 466 g/mol. The number of aromatic amines is 1. The second-order valence-corrected chi connectivity index (χ2v) is 8.50. The van der Waals surface area contributed by atoms with Gasteiger partial charge in [0.05, 0.1) is 26.8 Å². The fraction of sp³-hybridized carbons (Fsp3) is 0.423. The van der Waals surface area contributed by atoms with Gasteiger partial charge in [-0.25, -0.2) is 0 Å². The maximum Gasteiger partial charge on any atom is 0.267 e. The number of carbonyl (C=O) groups excluding carboxylic acids is 1. The van der Waals surface area contributed by atoms with Crippen molar-refractivity contribution >= 4 is 16.8 Å². The number of nitrogens with one attached hydrogen (secondary N) is 2. The van der Waals surface area contributed by atoms with E-state index in [2.05, 4.69) is 50.4 Å². The minimum Gasteiger partial charge on any atom is -0.496 e. The molecule has 0 spiro atoms. The summed E-state index contributed by atoms with van der Waals surface area (Å²) in [6.07, 6.45) is 0.908. The molecule has 0 aliphatic carbocycles. The zero-order valence-corrected chi connectivity index (χ0v) is 20.2. The third kappa shape index (κ3) is 5.46. The molecule has 2 heterocycles. The van der Waals surface area contributed by atoms with Gasteiger partial charge in [0.25, 0.3) is 5.91 Å². The van der Waals surface area contributed by atoms with Crippen molar-refractivity contribution in [3.8, 4) is 17.2 Å². The topological polar surface area (TPSA) is 79.1 Å². The van der Waals surface area contributed by atoms with E-state index in [0.717, 1.165) is 51.1 Å². The van der Waals surface area contributed by atoms with Gasteiger partial charge in [0.1, 0.15) is 11.4 Å². The third-order valence-electron chi connectivity index (χ3n) is 6.34. The van der Waals surface area contributed by atoms with Gasteiger partial charge >= 0.3 is 0 Å². The normalized spacial score (nSPS) is 14.8. The molecule has 8 nitrogen and oxygen atoms in total. The van der Waals surface area contributed by atoms with Crippen molar-refractivity contribution < 1.29 is 19.0 Å². The molecule has 0 radical (unpaired) electrons. The molecule has 2 N–H and O–H groups in total. The van der Waals surface area contributed by atoms with E-state index in [-0.39, 0.29) is 5.91 Å². The standard InChI is InChI=1S/C26H34N4O4/c1-32-22-17-23(33-2)25(34-3)24-20(22)16-21(28-24)26(31)27-10-7-11-29-12-14-30(15-13-29)18-19-8-5-4-6-9-19/h4-6,8-9,16-17,28H,7,10-15,18H2,1-3H3,(H,27,31). The van der Waals surface area contributed by atoms with Crippen LogP contribution >= 0.6 is 0 Å². The van der Waals surface area contributed by atoms with E-state index in [1.54, 1.807) is 33.5 Å². The van der Waals surface area contributed by atoms with Gasteiger partial charge in [-0.1, -0.05) is 30.3 Å². The minimum atomic E-state index is -0.146. The Morgan fingerprint density at radius 3 is 2.32 bits per heavy atom. The van der Waals surface area contributed by atoms with Crippen molar-refractivity contribution in [2.45, 2.75) is 13.0 Å². The van der Waals surface area contributed by atoms with Crippen molar-refractivity contribution in [3.63, 3.8) is 0 Å². The van der Waals surface area contributed by atoms with E-state index >= 15 is 0 Å². The fourth-order valence-electron chi connectivity index (χ4n) is 4.47. The summed E-state index contributed by atoms with van der Waals surface area (Å²) < 4.78 is 16.4. The molecule has 0 atom stereocenters. The van der Waals surface area contributed by atoms with Crippen molar-refractivity contribution in [1.29, 1.82) is 0 Å². The molecule has 1 aliphatic rings. The highest BCUT2D eigenvalue weighted by atomic mass is 16.5. The molecule has 3 aromatic rings. The van der Waals surface area contributed by atoms with Gasteiger partial charge in [-0.3, -0.25) is 9.69 Å². The lowest BCUT2D eigenvalue weighted by molar-refractivity contribution is 0.0943. The van der Waals surface area contributed by atoms with Crippen LogP contribution in [0.3, 0.4) is 0 Å². The van der Waals surface area contributed by atoms with E-state index in [9.17, 15) is 4.79 Å². The van der Waals surface area contributed by atoms with Gasteiger partial charge < -0.3 is 29.4 Å². The first-order valence-electron chi connectivity index (χ1n) is 11.7. The number of piperazine rings is 1. The summed E-state index contributed by atoms with van der Waals surface area (Å²) in [5.41, 5.74) is 2.51. The van der Waals surface area contributed by atoms with Crippen LogP contribution in [0.25, 0.3) is 10.9 Å². The minimum absolute atomic E-state index is 0.146. The average Bonchev–Trinajstić information content (AvgIpc) is 3.32. The Labute approximate surface area is 200 Å². The zero-order valence-electron chi connectivity index (χ0n) is 20.2. The molecule has 4 rings (SSSR count). The molecule has 1 amide bonds. The number of methoxy groups -OCH3 is 3. The maximum atomic E-state index is 12.8. The number of hydrogen-bond donors (Lipinski definition) is 2. The molecule has 1 saturated heterocycles. The van der Waals surface area contributed by atoms with Crippen LogP contribution in [0, 0.1) is 0 Å². The summed E-state index contributed by atoms with van der Waals surface area (Å²) in [7, 11) is 4.74. The summed E-state index contributed by atoms with van der Waals surface area (Å²) in [4.78, 5) is 20.9. The number of rotatable bonds is 10. The quantitative estimate of drug-likeness (QED) is 0.447. The molecule has 0 bridgehead atoms. The van der Waals surface area contributed by atoms with Crippen LogP contribution in [0.2, 0.25) is 0 Å². The second-order valence-electron chi connectivity index (χ2n) is 8.50. The maximum absolute atomic E-state index is 12.8. The Morgan fingerprint density at radius 1 is 0.941 bits per heavy atom. The Balaban J connectivity index is 1.25. The van der Waals surface area contributed by atoms with E-state index in [1.165, 1.54) is 5.56 Å². The first-order valence-corrected chi connectivity index (χ1v) is 11.7. The van der Waals surface area contributed by atoms with Crippen molar-refractivity contribution in [1.82, 2.24) is 20.1 Å². The lowest BCUT2D eigenvalue weighted by Gasteiger charge is -2.34. The Morgan fingerprint density at radius 2 is 1.65 bits per heavy atom. The summed E-state index contributed by atoms with van der Waals surface area (Å²) in [5, 5.41) is 3.80. The van der Waals surface area contributed by atoms with Crippen LogP contribution in [-0.4, -0.2) is 81.3 Å². The zero-order chi connectivity index (χ0) is 23.9. The predicted molar refractivity (Wildman–Crippen MR) is 133 cm³/mol. The summed E-state index contributed by atoms with van der Waals surface area (Å²) >= 11 is 0. The van der Waals surface area contributed by atoms with Crippen LogP contribution in [0.15, 0.2) is 42.5 Å². The highest BCUT2D eigenvalue weighted by molar-refractivity contribution is 6.02. The number of ether oxygens (including phenoxy) is 3. The SMILES string of the molecule is COc1cc(OC)c2cc(C(=O)NCCCN3CCN(Cc4ccccc4)CC3)[nH]c2c1OC. The van der Waals surface area contributed by atoms with E-state index in [0.29, 0.717) is 35.0 Å².